The molecule has 0 atom stereocenters. The maximum Gasteiger partial charge on any atom is 0.277 e. The molecule has 1 aromatic carbocycles. The van der Waals surface area contributed by atoms with E-state index in [1.807, 2.05) is 6.07 Å². The SMILES string of the molecule is O=C(NCc1cccnc1)c1ccc(NC2=CC(=O)N(CCO)C2=O)cc1. The maximum atomic E-state index is 12.2. The van der Waals surface area contributed by atoms with Crippen molar-refractivity contribution < 1.29 is 19.5 Å². The van der Waals surface area contributed by atoms with E-state index in [2.05, 4.69) is 15.6 Å². The van der Waals surface area contributed by atoms with Gasteiger partial charge in [-0.15, -0.1) is 0 Å². The first-order valence-electron chi connectivity index (χ1n) is 8.31. The molecule has 1 aliphatic heterocycles. The summed E-state index contributed by atoms with van der Waals surface area (Å²) in [5.74, 6) is -1.19. The Morgan fingerprint density at radius 2 is 1.93 bits per heavy atom. The molecule has 0 spiro atoms. The Hall–Kier alpha value is -3.52. The molecule has 3 N–H and O–H groups in total. The summed E-state index contributed by atoms with van der Waals surface area (Å²) in [6.07, 6.45) is 4.53. The monoisotopic (exact) mass is 366 g/mol. The van der Waals surface area contributed by atoms with Crippen LogP contribution in [0.1, 0.15) is 15.9 Å². The van der Waals surface area contributed by atoms with Crippen LogP contribution in [0.3, 0.4) is 0 Å². The molecule has 2 aromatic rings. The van der Waals surface area contributed by atoms with Crippen molar-refractivity contribution >= 4 is 23.4 Å². The molecule has 1 aliphatic rings. The fourth-order valence-electron chi connectivity index (χ4n) is 2.56. The molecule has 27 heavy (non-hydrogen) atoms. The fraction of sp³-hybridized carbons (Fsp3) is 0.158. The van der Waals surface area contributed by atoms with Crippen molar-refractivity contribution in [2.45, 2.75) is 6.54 Å². The molecular weight excluding hydrogens is 348 g/mol. The fourth-order valence-corrected chi connectivity index (χ4v) is 2.56. The molecular formula is C19H18N4O4. The maximum absolute atomic E-state index is 12.2. The number of hydrogen-bond acceptors (Lipinski definition) is 6. The van der Waals surface area contributed by atoms with E-state index in [1.54, 1.807) is 42.7 Å². The number of aromatic nitrogens is 1. The van der Waals surface area contributed by atoms with Crippen LogP contribution < -0.4 is 10.6 Å². The highest BCUT2D eigenvalue weighted by molar-refractivity contribution is 6.17. The van der Waals surface area contributed by atoms with Crippen LogP contribution in [0, 0.1) is 0 Å². The number of nitrogens with one attached hydrogen (secondary N) is 2. The standard InChI is InChI=1S/C19H18N4O4/c24-9-8-23-17(25)10-16(19(23)27)22-15-5-3-14(4-6-15)18(26)21-12-13-2-1-7-20-11-13/h1-7,10-11,22,24H,8-9,12H2,(H,21,26). The van der Waals surface area contributed by atoms with Gasteiger partial charge < -0.3 is 15.7 Å². The molecule has 2 heterocycles. The zero-order chi connectivity index (χ0) is 19.2. The van der Waals surface area contributed by atoms with E-state index in [4.69, 9.17) is 5.11 Å². The summed E-state index contributed by atoms with van der Waals surface area (Å²) >= 11 is 0. The summed E-state index contributed by atoms with van der Waals surface area (Å²) in [6, 6.07) is 10.2. The van der Waals surface area contributed by atoms with Crippen LogP contribution in [0.15, 0.2) is 60.6 Å². The molecule has 0 saturated carbocycles. The van der Waals surface area contributed by atoms with Crippen molar-refractivity contribution in [2.75, 3.05) is 18.5 Å². The Kier molecular flexibility index (Phi) is 5.58. The first-order valence-corrected chi connectivity index (χ1v) is 8.31. The van der Waals surface area contributed by atoms with Gasteiger partial charge in [-0.25, -0.2) is 0 Å². The molecule has 0 aliphatic carbocycles. The Morgan fingerprint density at radius 1 is 1.15 bits per heavy atom. The second kappa shape index (κ2) is 8.24. The Morgan fingerprint density at radius 3 is 2.59 bits per heavy atom. The van der Waals surface area contributed by atoms with E-state index < -0.39 is 11.8 Å². The average Bonchev–Trinajstić information content (AvgIpc) is 2.95. The molecule has 0 bridgehead atoms. The van der Waals surface area contributed by atoms with E-state index >= 15 is 0 Å². The van der Waals surface area contributed by atoms with Gasteiger partial charge in [0.05, 0.1) is 13.2 Å². The van der Waals surface area contributed by atoms with Crippen LogP contribution in [-0.4, -0.2) is 45.9 Å². The molecule has 8 nitrogen and oxygen atoms in total. The van der Waals surface area contributed by atoms with Crippen LogP contribution in [-0.2, 0) is 16.1 Å². The predicted molar refractivity (Wildman–Crippen MR) is 97.4 cm³/mol. The summed E-state index contributed by atoms with van der Waals surface area (Å²) in [7, 11) is 0. The first-order chi connectivity index (χ1) is 13.1. The zero-order valence-electron chi connectivity index (χ0n) is 14.4. The predicted octanol–water partition coefficient (Wildman–Crippen LogP) is 0.668. The molecule has 0 saturated heterocycles. The number of nitrogens with zero attached hydrogens (tertiary/aromatic N) is 2. The van der Waals surface area contributed by atoms with Crippen molar-refractivity contribution in [1.29, 1.82) is 0 Å². The number of rotatable bonds is 7. The van der Waals surface area contributed by atoms with E-state index in [1.165, 1.54) is 6.08 Å². The van der Waals surface area contributed by atoms with E-state index in [9.17, 15) is 14.4 Å². The third kappa shape index (κ3) is 4.36. The van der Waals surface area contributed by atoms with Crippen LogP contribution in [0.5, 0.6) is 0 Å². The lowest BCUT2D eigenvalue weighted by molar-refractivity contribution is -0.137. The highest BCUT2D eigenvalue weighted by atomic mass is 16.3. The number of β-amino-alcohol motifs (C(OH)–C–C–N with tert-alkyl or cyclic N) is 1. The third-order valence-corrected chi connectivity index (χ3v) is 3.93. The smallest absolute Gasteiger partial charge is 0.277 e. The Bertz CT molecular complexity index is 878. The van der Waals surface area contributed by atoms with Gasteiger partial charge in [-0.3, -0.25) is 24.3 Å². The van der Waals surface area contributed by atoms with Crippen molar-refractivity contribution in [1.82, 2.24) is 15.2 Å². The number of imide groups is 1. The summed E-state index contributed by atoms with van der Waals surface area (Å²) in [5.41, 5.74) is 2.06. The van der Waals surface area contributed by atoms with Gasteiger partial charge in [0, 0.05) is 36.3 Å². The molecule has 3 rings (SSSR count). The number of anilines is 1. The van der Waals surface area contributed by atoms with Gasteiger partial charge in [-0.05, 0) is 35.9 Å². The summed E-state index contributed by atoms with van der Waals surface area (Å²) in [5, 5.41) is 14.6. The lowest BCUT2D eigenvalue weighted by Crippen LogP contribution is -2.34. The van der Waals surface area contributed by atoms with Gasteiger partial charge in [0.2, 0.25) is 0 Å². The van der Waals surface area contributed by atoms with E-state index in [0.717, 1.165) is 10.5 Å². The second-order valence-corrected chi connectivity index (χ2v) is 5.82. The van der Waals surface area contributed by atoms with Crippen LogP contribution >= 0.6 is 0 Å². The summed E-state index contributed by atoms with van der Waals surface area (Å²) in [4.78, 5) is 41.0. The van der Waals surface area contributed by atoms with Crippen LogP contribution in [0.2, 0.25) is 0 Å². The van der Waals surface area contributed by atoms with E-state index in [-0.39, 0.29) is 24.8 Å². The van der Waals surface area contributed by atoms with Gasteiger partial charge in [0.15, 0.2) is 0 Å². The molecule has 8 heteroatoms. The van der Waals surface area contributed by atoms with Crippen molar-refractivity contribution in [3.05, 3.63) is 71.7 Å². The molecule has 0 radical (unpaired) electrons. The number of pyridine rings is 1. The largest absolute Gasteiger partial charge is 0.395 e. The number of carbonyl (C=O) groups is 3. The number of carbonyl (C=O) groups excluding carboxylic acids is 3. The lowest BCUT2D eigenvalue weighted by atomic mass is 10.2. The number of benzene rings is 1. The molecule has 0 fully saturated rings. The highest BCUT2D eigenvalue weighted by Gasteiger charge is 2.30. The summed E-state index contributed by atoms with van der Waals surface area (Å²) < 4.78 is 0. The minimum Gasteiger partial charge on any atom is -0.395 e. The quantitative estimate of drug-likeness (QED) is 0.621. The van der Waals surface area contributed by atoms with E-state index in [0.29, 0.717) is 17.8 Å². The minimum absolute atomic E-state index is 0.0462. The van der Waals surface area contributed by atoms with Gasteiger partial charge in [0.1, 0.15) is 5.70 Å². The minimum atomic E-state index is -0.493. The first kappa shape index (κ1) is 18.3. The second-order valence-electron chi connectivity index (χ2n) is 5.82. The lowest BCUT2D eigenvalue weighted by Gasteiger charge is -2.13. The van der Waals surface area contributed by atoms with Gasteiger partial charge in [-0.2, -0.15) is 0 Å². The molecule has 0 unspecified atom stereocenters. The van der Waals surface area contributed by atoms with Gasteiger partial charge >= 0.3 is 0 Å². The highest BCUT2D eigenvalue weighted by Crippen LogP contribution is 2.17. The molecule has 138 valence electrons. The molecule has 3 amide bonds. The third-order valence-electron chi connectivity index (χ3n) is 3.93. The number of amides is 3. The number of aliphatic hydroxyl groups excluding tert-OH is 1. The van der Waals surface area contributed by atoms with Crippen molar-refractivity contribution in [2.24, 2.45) is 0 Å². The average molecular weight is 366 g/mol. The van der Waals surface area contributed by atoms with Gasteiger partial charge in [-0.1, -0.05) is 6.07 Å². The number of hydrogen-bond donors (Lipinski definition) is 3. The summed E-state index contributed by atoms with van der Waals surface area (Å²) in [6.45, 7) is 0.0354. The Labute approximate surface area is 155 Å². The number of aliphatic hydroxyl groups is 1. The Balaban J connectivity index is 1.59. The van der Waals surface area contributed by atoms with Crippen molar-refractivity contribution in [3.8, 4) is 0 Å². The topological polar surface area (TPSA) is 112 Å². The van der Waals surface area contributed by atoms with Crippen LogP contribution in [0.25, 0.3) is 0 Å². The van der Waals surface area contributed by atoms with Crippen LogP contribution in [0.4, 0.5) is 5.69 Å². The zero-order valence-corrected chi connectivity index (χ0v) is 14.4. The normalized spacial score (nSPS) is 13.5. The van der Waals surface area contributed by atoms with Crippen molar-refractivity contribution in [3.63, 3.8) is 0 Å². The van der Waals surface area contributed by atoms with Gasteiger partial charge in [0.25, 0.3) is 17.7 Å². The molecule has 1 aromatic heterocycles.